The lowest BCUT2D eigenvalue weighted by Crippen LogP contribution is -1.92. The third kappa shape index (κ3) is 7.52. The average Bonchev–Trinajstić information content (AvgIpc) is 1.97. The van der Waals surface area contributed by atoms with Crippen LogP contribution in [0.4, 0.5) is 0 Å². The highest BCUT2D eigenvalue weighted by atomic mass is 16.5. The fraction of sp³-hybridized carbons (Fsp3) is 0.667. The molecular formula is C9H15O. The Balaban J connectivity index is 2.82. The molecule has 0 saturated carbocycles. The molecule has 0 saturated heterocycles. The number of hydrogen-bond acceptors (Lipinski definition) is 1. The van der Waals surface area contributed by atoms with E-state index in [0.29, 0.717) is 6.61 Å². The number of hydrogen-bond donors (Lipinski definition) is 0. The van der Waals surface area contributed by atoms with E-state index in [0.717, 1.165) is 25.9 Å². The third-order valence-electron chi connectivity index (χ3n) is 1.16. The Morgan fingerprint density at radius 2 is 2.20 bits per heavy atom. The molecule has 1 nitrogen and oxygen atoms in total. The second-order valence-electron chi connectivity index (χ2n) is 2.00. The largest absolute Gasteiger partial charge is 0.381 e. The van der Waals surface area contributed by atoms with Crippen LogP contribution in [0.3, 0.4) is 0 Å². The number of ether oxygens (including phenoxy) is 1. The Kier molecular flexibility index (Phi) is 8.11. The van der Waals surface area contributed by atoms with Crippen molar-refractivity contribution in [2.75, 3.05) is 13.2 Å². The van der Waals surface area contributed by atoms with Crippen LogP contribution in [0.2, 0.25) is 0 Å². The Hall–Kier alpha value is -0.480. The molecule has 0 atom stereocenters. The van der Waals surface area contributed by atoms with E-state index < -0.39 is 0 Å². The number of unbranched alkanes of at least 4 members (excludes halogenated alkanes) is 2. The molecule has 0 fully saturated rings. The number of rotatable bonds is 5. The van der Waals surface area contributed by atoms with E-state index in [1.54, 1.807) is 0 Å². The molecule has 0 heterocycles. The Morgan fingerprint density at radius 1 is 1.40 bits per heavy atom. The van der Waals surface area contributed by atoms with Gasteiger partial charge in [0.05, 0.1) is 0 Å². The molecule has 0 spiro atoms. The van der Waals surface area contributed by atoms with Crippen LogP contribution in [0.15, 0.2) is 0 Å². The molecule has 57 valence electrons. The van der Waals surface area contributed by atoms with Gasteiger partial charge in [-0.15, -0.1) is 11.8 Å². The van der Waals surface area contributed by atoms with Crippen molar-refractivity contribution in [2.45, 2.75) is 26.2 Å². The van der Waals surface area contributed by atoms with Crippen molar-refractivity contribution >= 4 is 0 Å². The Bertz CT molecular complexity index is 108. The molecular weight excluding hydrogens is 124 g/mol. The summed E-state index contributed by atoms with van der Waals surface area (Å²) in [5, 5.41) is 0. The molecule has 0 N–H and O–H groups in total. The van der Waals surface area contributed by atoms with Gasteiger partial charge in [0.2, 0.25) is 0 Å². The first kappa shape index (κ1) is 9.52. The zero-order valence-corrected chi connectivity index (χ0v) is 6.65. The van der Waals surface area contributed by atoms with Crippen LogP contribution in [0.1, 0.15) is 26.2 Å². The van der Waals surface area contributed by atoms with Crippen LogP contribution in [0.5, 0.6) is 0 Å². The molecule has 0 unspecified atom stereocenters. The van der Waals surface area contributed by atoms with Crippen LogP contribution in [0.25, 0.3) is 0 Å². The summed E-state index contributed by atoms with van der Waals surface area (Å²) in [5.41, 5.74) is 0. The molecule has 0 rings (SSSR count). The zero-order valence-electron chi connectivity index (χ0n) is 6.65. The van der Waals surface area contributed by atoms with E-state index in [1.165, 1.54) is 0 Å². The maximum Gasteiger partial charge on any atom is 0.0466 e. The van der Waals surface area contributed by atoms with Crippen molar-refractivity contribution in [3.05, 3.63) is 6.92 Å². The van der Waals surface area contributed by atoms with E-state index in [2.05, 4.69) is 18.8 Å². The summed E-state index contributed by atoms with van der Waals surface area (Å²) in [7, 11) is 0. The van der Waals surface area contributed by atoms with Gasteiger partial charge in [-0.1, -0.05) is 0 Å². The molecule has 0 aliphatic heterocycles. The molecule has 0 bridgehead atoms. The topological polar surface area (TPSA) is 9.23 Å². The monoisotopic (exact) mass is 139 g/mol. The molecule has 0 aromatic rings. The lowest BCUT2D eigenvalue weighted by Gasteiger charge is -1.96. The lowest BCUT2D eigenvalue weighted by atomic mass is 10.2. The van der Waals surface area contributed by atoms with Gasteiger partial charge in [-0.25, -0.2) is 0 Å². The van der Waals surface area contributed by atoms with Crippen LogP contribution in [-0.4, -0.2) is 13.2 Å². The predicted molar refractivity (Wildman–Crippen MR) is 43.5 cm³/mol. The smallest absolute Gasteiger partial charge is 0.0466 e. The first-order chi connectivity index (χ1) is 4.91. The van der Waals surface area contributed by atoms with Crippen molar-refractivity contribution in [1.82, 2.24) is 0 Å². The van der Waals surface area contributed by atoms with Crippen molar-refractivity contribution in [1.29, 1.82) is 0 Å². The molecule has 0 aromatic heterocycles. The minimum atomic E-state index is 0.583. The maximum absolute atomic E-state index is 5.05. The fourth-order valence-corrected chi connectivity index (χ4v) is 0.645. The van der Waals surface area contributed by atoms with Crippen molar-refractivity contribution in [3.8, 4) is 11.8 Å². The molecule has 0 aliphatic rings. The molecule has 0 aromatic carbocycles. The van der Waals surface area contributed by atoms with Crippen molar-refractivity contribution in [3.63, 3.8) is 0 Å². The van der Waals surface area contributed by atoms with E-state index in [9.17, 15) is 0 Å². The third-order valence-corrected chi connectivity index (χ3v) is 1.16. The SMILES string of the molecule is [CH2]COCCCCC#CC. The minimum absolute atomic E-state index is 0.583. The van der Waals surface area contributed by atoms with Gasteiger partial charge in [0.15, 0.2) is 0 Å². The van der Waals surface area contributed by atoms with Crippen molar-refractivity contribution in [2.24, 2.45) is 0 Å². The highest BCUT2D eigenvalue weighted by Gasteiger charge is 1.84. The standard InChI is InChI=1S/C9H15O/c1-3-5-6-7-8-9-10-4-2/h2,4,6-9H2,1H3. The summed E-state index contributed by atoms with van der Waals surface area (Å²) in [6.07, 6.45) is 3.24. The first-order valence-corrected chi connectivity index (χ1v) is 3.68. The summed E-state index contributed by atoms with van der Waals surface area (Å²) in [5.74, 6) is 5.86. The van der Waals surface area contributed by atoms with Gasteiger partial charge >= 0.3 is 0 Å². The summed E-state index contributed by atoms with van der Waals surface area (Å²) < 4.78 is 5.05. The van der Waals surface area contributed by atoms with E-state index in [1.807, 2.05) is 6.92 Å². The van der Waals surface area contributed by atoms with Gasteiger partial charge in [-0.3, -0.25) is 0 Å². The average molecular weight is 139 g/mol. The summed E-state index contributed by atoms with van der Waals surface area (Å²) in [6.45, 7) is 6.85. The minimum Gasteiger partial charge on any atom is -0.381 e. The van der Waals surface area contributed by atoms with Gasteiger partial charge in [-0.2, -0.15) is 0 Å². The van der Waals surface area contributed by atoms with Gasteiger partial charge in [0, 0.05) is 19.6 Å². The molecule has 10 heavy (non-hydrogen) atoms. The second-order valence-corrected chi connectivity index (χ2v) is 2.00. The van der Waals surface area contributed by atoms with Crippen LogP contribution in [-0.2, 0) is 4.74 Å². The quantitative estimate of drug-likeness (QED) is 0.418. The molecule has 1 heteroatoms. The van der Waals surface area contributed by atoms with Gasteiger partial charge in [-0.05, 0) is 26.7 Å². The van der Waals surface area contributed by atoms with Gasteiger partial charge in [0.25, 0.3) is 0 Å². The van der Waals surface area contributed by atoms with Crippen LogP contribution >= 0.6 is 0 Å². The normalized spacial score (nSPS) is 8.60. The summed E-state index contributed by atoms with van der Waals surface area (Å²) in [6, 6.07) is 0. The lowest BCUT2D eigenvalue weighted by molar-refractivity contribution is 0.157. The summed E-state index contributed by atoms with van der Waals surface area (Å²) >= 11 is 0. The highest BCUT2D eigenvalue weighted by Crippen LogP contribution is 1.93. The zero-order chi connectivity index (χ0) is 7.66. The highest BCUT2D eigenvalue weighted by molar-refractivity contribution is 4.94. The van der Waals surface area contributed by atoms with E-state index in [-0.39, 0.29) is 0 Å². The van der Waals surface area contributed by atoms with Crippen molar-refractivity contribution < 1.29 is 4.74 Å². The molecule has 1 radical (unpaired) electrons. The van der Waals surface area contributed by atoms with E-state index in [4.69, 9.17) is 4.74 Å². The van der Waals surface area contributed by atoms with Gasteiger partial charge in [0.1, 0.15) is 0 Å². The fourth-order valence-electron chi connectivity index (χ4n) is 0.645. The van der Waals surface area contributed by atoms with E-state index >= 15 is 0 Å². The maximum atomic E-state index is 5.05. The van der Waals surface area contributed by atoms with Gasteiger partial charge < -0.3 is 4.74 Å². The van der Waals surface area contributed by atoms with Crippen LogP contribution in [0, 0.1) is 18.8 Å². The summed E-state index contributed by atoms with van der Waals surface area (Å²) in [4.78, 5) is 0. The predicted octanol–water partition coefficient (Wildman–Crippen LogP) is 2.03. The van der Waals surface area contributed by atoms with Crippen LogP contribution < -0.4 is 0 Å². The second kappa shape index (κ2) is 8.52. The first-order valence-electron chi connectivity index (χ1n) is 3.68. The molecule has 0 amide bonds. The Morgan fingerprint density at radius 3 is 2.80 bits per heavy atom. The molecule has 0 aliphatic carbocycles. The Labute approximate surface area is 63.8 Å².